The molecule has 1 fully saturated rings. The molecule has 2 atom stereocenters. The zero-order valence-electron chi connectivity index (χ0n) is 20.7. The second kappa shape index (κ2) is 11.2. The summed E-state index contributed by atoms with van der Waals surface area (Å²) in [5, 5.41) is 3.06. The predicted octanol–water partition coefficient (Wildman–Crippen LogP) is 5.76. The summed E-state index contributed by atoms with van der Waals surface area (Å²) in [5.41, 5.74) is 6.17. The normalized spacial score (nSPS) is 14.7. The van der Waals surface area contributed by atoms with Crippen LogP contribution in [0.25, 0.3) is 5.65 Å². The summed E-state index contributed by atoms with van der Waals surface area (Å²) in [5.74, 6) is -1.15. The van der Waals surface area contributed by atoms with Crippen LogP contribution in [0.5, 0.6) is 0 Å². The molecule has 0 aliphatic carbocycles. The van der Waals surface area contributed by atoms with Gasteiger partial charge in [0.25, 0.3) is 5.91 Å². The number of carbonyl (C=O) groups excluding carboxylic acids is 1. The zero-order valence-corrected chi connectivity index (χ0v) is 23.4. The lowest BCUT2D eigenvalue weighted by Gasteiger charge is -2.37. The van der Waals surface area contributed by atoms with E-state index in [1.54, 1.807) is 0 Å². The molecule has 2 unspecified atom stereocenters. The standard InChI is InChI=1S/C28H30BrFN5OP/c1-2-24-26(35-12-11-21(29)17-25(35)32-24)28(36)31-18-19-3-7-22(8-4-19)33-13-15-34(16-14-33)23-9-5-20(6-10-23)27(30)37/h3-12,17,27H,2,13-16,18,37H2,1H3,(H,31,36). The average molecular weight is 582 g/mol. The van der Waals surface area contributed by atoms with Crippen LogP contribution in [0.4, 0.5) is 15.8 Å². The van der Waals surface area contributed by atoms with Crippen molar-refractivity contribution in [2.24, 2.45) is 0 Å². The number of rotatable bonds is 7. The van der Waals surface area contributed by atoms with Crippen LogP contribution in [0.3, 0.4) is 0 Å². The van der Waals surface area contributed by atoms with Gasteiger partial charge in [-0.05, 0) is 53.9 Å². The molecule has 0 radical (unpaired) electrons. The fourth-order valence-corrected chi connectivity index (χ4v) is 5.28. The maximum absolute atomic E-state index is 13.4. The molecule has 1 N–H and O–H groups in total. The minimum absolute atomic E-state index is 0.125. The highest BCUT2D eigenvalue weighted by Gasteiger charge is 2.20. The number of hydrogen-bond donors (Lipinski definition) is 1. The number of aryl methyl sites for hydroxylation is 1. The predicted molar refractivity (Wildman–Crippen MR) is 154 cm³/mol. The number of hydrogen-bond acceptors (Lipinski definition) is 4. The van der Waals surface area contributed by atoms with E-state index in [1.165, 1.54) is 5.69 Å². The van der Waals surface area contributed by atoms with Crippen LogP contribution in [0.2, 0.25) is 0 Å². The second-order valence-electron chi connectivity index (χ2n) is 9.15. The summed E-state index contributed by atoms with van der Waals surface area (Å²) in [7, 11) is 2.19. The minimum atomic E-state index is -1.02. The number of benzene rings is 2. The SMILES string of the molecule is CCc1nc2cc(Br)ccn2c1C(=O)NCc1ccc(N2CCN(c3ccc(C(F)P)cc3)CC2)cc1. The number of alkyl halides is 1. The topological polar surface area (TPSA) is 52.9 Å². The van der Waals surface area contributed by atoms with Crippen LogP contribution in [-0.4, -0.2) is 41.5 Å². The zero-order chi connectivity index (χ0) is 25.9. The van der Waals surface area contributed by atoms with Gasteiger partial charge in [0.05, 0.1) is 5.69 Å². The van der Waals surface area contributed by atoms with Gasteiger partial charge in [0, 0.05) is 54.8 Å². The van der Waals surface area contributed by atoms with E-state index in [0.29, 0.717) is 24.2 Å². The van der Waals surface area contributed by atoms with E-state index in [1.807, 2.05) is 53.9 Å². The molecule has 2 aromatic heterocycles. The highest BCUT2D eigenvalue weighted by molar-refractivity contribution is 9.10. The number of nitrogens with one attached hydrogen (secondary N) is 1. The Morgan fingerprint density at radius 2 is 1.62 bits per heavy atom. The first-order valence-corrected chi connectivity index (χ1v) is 13.9. The van der Waals surface area contributed by atoms with Crippen molar-refractivity contribution in [3.8, 4) is 0 Å². The lowest BCUT2D eigenvalue weighted by atomic mass is 10.1. The number of nitrogens with zero attached hydrogens (tertiary/aromatic N) is 4. The van der Waals surface area contributed by atoms with Gasteiger partial charge in [-0.15, -0.1) is 0 Å². The van der Waals surface area contributed by atoms with E-state index in [4.69, 9.17) is 0 Å². The number of piperazine rings is 1. The third-order valence-corrected chi connectivity index (χ3v) is 7.70. The van der Waals surface area contributed by atoms with Crippen LogP contribution in [0.1, 0.15) is 40.1 Å². The first-order chi connectivity index (χ1) is 17.9. The maximum atomic E-state index is 13.4. The number of anilines is 2. The molecule has 1 aliphatic rings. The third kappa shape index (κ3) is 5.65. The third-order valence-electron chi connectivity index (χ3n) is 6.82. The van der Waals surface area contributed by atoms with Gasteiger partial charge in [-0.25, -0.2) is 9.37 Å². The molecular weight excluding hydrogens is 552 g/mol. The largest absolute Gasteiger partial charge is 0.368 e. The van der Waals surface area contributed by atoms with Crippen LogP contribution in [0.15, 0.2) is 71.3 Å². The number of imidazole rings is 1. The van der Waals surface area contributed by atoms with Gasteiger partial charge in [0.1, 0.15) is 17.3 Å². The van der Waals surface area contributed by atoms with Crippen LogP contribution >= 0.6 is 25.2 Å². The molecule has 1 aliphatic heterocycles. The molecule has 3 heterocycles. The Bertz CT molecular complexity index is 1380. The Balaban J connectivity index is 1.17. The van der Waals surface area contributed by atoms with E-state index in [-0.39, 0.29) is 5.91 Å². The summed E-state index contributed by atoms with van der Waals surface area (Å²) in [6.45, 7) is 6.11. The molecule has 37 heavy (non-hydrogen) atoms. The number of fused-ring (bicyclic) bond motifs is 1. The molecule has 0 spiro atoms. The van der Waals surface area contributed by atoms with Crippen molar-refractivity contribution in [1.29, 1.82) is 0 Å². The minimum Gasteiger partial charge on any atom is -0.368 e. The number of pyridine rings is 1. The molecular formula is C28H30BrFN5OP. The van der Waals surface area contributed by atoms with E-state index >= 15 is 0 Å². The van der Waals surface area contributed by atoms with Gasteiger partial charge < -0.3 is 15.1 Å². The summed E-state index contributed by atoms with van der Waals surface area (Å²) < 4.78 is 16.2. The van der Waals surface area contributed by atoms with Crippen molar-refractivity contribution in [2.75, 3.05) is 36.0 Å². The van der Waals surface area contributed by atoms with E-state index < -0.39 is 5.91 Å². The van der Waals surface area contributed by atoms with E-state index in [9.17, 15) is 9.18 Å². The Hall–Kier alpha value is -2.96. The Morgan fingerprint density at radius 3 is 2.19 bits per heavy atom. The molecule has 2 aromatic carbocycles. The van der Waals surface area contributed by atoms with E-state index in [0.717, 1.165) is 53.2 Å². The fraction of sp³-hybridized carbons (Fsp3) is 0.286. The van der Waals surface area contributed by atoms with Gasteiger partial charge in [-0.1, -0.05) is 56.4 Å². The first kappa shape index (κ1) is 25.7. The van der Waals surface area contributed by atoms with Gasteiger partial charge in [0.2, 0.25) is 0 Å². The van der Waals surface area contributed by atoms with Gasteiger partial charge in [-0.2, -0.15) is 0 Å². The first-order valence-electron chi connectivity index (χ1n) is 12.5. The van der Waals surface area contributed by atoms with Crippen LogP contribution in [-0.2, 0) is 13.0 Å². The number of aromatic nitrogens is 2. The molecule has 192 valence electrons. The summed E-state index contributed by atoms with van der Waals surface area (Å²) in [6.07, 6.45) is 2.55. The fourth-order valence-electron chi connectivity index (χ4n) is 4.74. The highest BCUT2D eigenvalue weighted by Crippen LogP contribution is 2.27. The van der Waals surface area contributed by atoms with Gasteiger partial charge >= 0.3 is 0 Å². The Kier molecular flexibility index (Phi) is 7.77. The van der Waals surface area contributed by atoms with Crippen molar-refractivity contribution < 1.29 is 9.18 Å². The van der Waals surface area contributed by atoms with Crippen molar-refractivity contribution in [3.05, 3.63) is 93.8 Å². The molecule has 0 saturated carbocycles. The molecule has 1 saturated heterocycles. The maximum Gasteiger partial charge on any atom is 0.270 e. The lowest BCUT2D eigenvalue weighted by molar-refractivity contribution is 0.0944. The number of amides is 1. The van der Waals surface area contributed by atoms with Crippen molar-refractivity contribution in [2.45, 2.75) is 25.8 Å². The molecule has 0 bridgehead atoms. The molecule has 1 amide bonds. The average Bonchev–Trinajstić information content (AvgIpc) is 3.30. The second-order valence-corrected chi connectivity index (χ2v) is 10.7. The van der Waals surface area contributed by atoms with Gasteiger partial charge in [-0.3, -0.25) is 9.20 Å². The lowest BCUT2D eigenvalue weighted by Crippen LogP contribution is -2.46. The van der Waals surface area contributed by atoms with Gasteiger partial charge in [0.15, 0.2) is 0 Å². The molecule has 6 nitrogen and oxygen atoms in total. The number of carbonyl (C=O) groups is 1. The Morgan fingerprint density at radius 1 is 1.03 bits per heavy atom. The van der Waals surface area contributed by atoms with Crippen LogP contribution < -0.4 is 15.1 Å². The highest BCUT2D eigenvalue weighted by atomic mass is 79.9. The summed E-state index contributed by atoms with van der Waals surface area (Å²) in [4.78, 5) is 22.4. The quantitative estimate of drug-likeness (QED) is 0.282. The van der Waals surface area contributed by atoms with Crippen molar-refractivity contribution in [3.63, 3.8) is 0 Å². The molecule has 9 heteroatoms. The van der Waals surface area contributed by atoms with Crippen molar-refractivity contribution >= 4 is 48.1 Å². The van der Waals surface area contributed by atoms with Crippen LogP contribution in [0, 0.1) is 0 Å². The molecule has 5 rings (SSSR count). The Labute approximate surface area is 227 Å². The summed E-state index contributed by atoms with van der Waals surface area (Å²) in [6, 6.07) is 19.9. The smallest absolute Gasteiger partial charge is 0.270 e. The van der Waals surface area contributed by atoms with E-state index in [2.05, 4.69) is 69.5 Å². The van der Waals surface area contributed by atoms with Crippen molar-refractivity contribution in [1.82, 2.24) is 14.7 Å². The summed E-state index contributed by atoms with van der Waals surface area (Å²) >= 11 is 3.47. The monoisotopic (exact) mass is 581 g/mol. The molecule has 4 aromatic rings. The number of halogens is 2.